The molecule has 0 amide bonds. The summed E-state index contributed by atoms with van der Waals surface area (Å²) in [7, 11) is -4.08. The number of ether oxygens (including phenoxy) is 2. The number of carbonyl (C=O) groups is 1. The number of rotatable bonds is 5. The molecular formula is C24H30FNO5S. The molecule has 2 aromatic carbocycles. The fourth-order valence-electron chi connectivity index (χ4n) is 3.63. The van der Waals surface area contributed by atoms with Gasteiger partial charge in [0, 0.05) is 13.1 Å². The van der Waals surface area contributed by atoms with Crippen LogP contribution in [0.4, 0.5) is 4.39 Å². The van der Waals surface area contributed by atoms with Crippen LogP contribution in [-0.4, -0.2) is 45.0 Å². The normalized spacial score (nSPS) is 15.6. The number of esters is 1. The number of aryl methyl sites for hydroxylation is 2. The molecule has 0 aliphatic carbocycles. The third-order valence-corrected chi connectivity index (χ3v) is 7.58. The Morgan fingerprint density at radius 2 is 1.69 bits per heavy atom. The SMILES string of the molecule is Cc1cc(C(C)(C)C)cc(C)c1COC(=O)c1ccc(F)c(S(=O)(=O)N2CCOCC2)c1. The average molecular weight is 464 g/mol. The van der Waals surface area contributed by atoms with Gasteiger partial charge < -0.3 is 9.47 Å². The van der Waals surface area contributed by atoms with Gasteiger partial charge in [0.15, 0.2) is 0 Å². The topological polar surface area (TPSA) is 72.9 Å². The maximum absolute atomic E-state index is 14.4. The first-order valence-electron chi connectivity index (χ1n) is 10.6. The summed E-state index contributed by atoms with van der Waals surface area (Å²) in [6.07, 6.45) is 0. The van der Waals surface area contributed by atoms with Crippen LogP contribution < -0.4 is 0 Å². The van der Waals surface area contributed by atoms with E-state index in [1.54, 1.807) is 0 Å². The first-order valence-corrected chi connectivity index (χ1v) is 12.0. The molecule has 0 N–H and O–H groups in total. The predicted octanol–water partition coefficient (Wildman–Crippen LogP) is 4.12. The second kappa shape index (κ2) is 9.29. The maximum Gasteiger partial charge on any atom is 0.338 e. The van der Waals surface area contributed by atoms with E-state index in [-0.39, 0.29) is 43.9 Å². The summed E-state index contributed by atoms with van der Waals surface area (Å²) in [6.45, 7) is 11.2. The molecule has 1 fully saturated rings. The molecule has 1 heterocycles. The van der Waals surface area contributed by atoms with E-state index in [1.807, 2.05) is 13.8 Å². The molecule has 6 nitrogen and oxygen atoms in total. The van der Waals surface area contributed by atoms with Crippen LogP contribution in [0, 0.1) is 19.7 Å². The van der Waals surface area contributed by atoms with Crippen molar-refractivity contribution in [3.8, 4) is 0 Å². The molecule has 32 heavy (non-hydrogen) atoms. The number of nitrogens with zero attached hydrogens (tertiary/aromatic N) is 1. The van der Waals surface area contributed by atoms with Crippen LogP contribution in [0.1, 0.15) is 53.4 Å². The van der Waals surface area contributed by atoms with E-state index in [9.17, 15) is 17.6 Å². The van der Waals surface area contributed by atoms with Crippen molar-refractivity contribution >= 4 is 16.0 Å². The molecule has 0 unspecified atom stereocenters. The van der Waals surface area contributed by atoms with Gasteiger partial charge in [0.1, 0.15) is 17.3 Å². The second-order valence-corrected chi connectivity index (χ2v) is 11.0. The molecule has 3 rings (SSSR count). The van der Waals surface area contributed by atoms with E-state index < -0.39 is 26.7 Å². The Bertz CT molecular complexity index is 1090. The summed E-state index contributed by atoms with van der Waals surface area (Å²) in [5.41, 5.74) is 4.10. The van der Waals surface area contributed by atoms with Gasteiger partial charge in [-0.25, -0.2) is 17.6 Å². The molecule has 1 aliphatic rings. The van der Waals surface area contributed by atoms with Gasteiger partial charge in [-0.2, -0.15) is 4.31 Å². The highest BCUT2D eigenvalue weighted by Crippen LogP contribution is 2.28. The molecule has 0 spiro atoms. The zero-order valence-electron chi connectivity index (χ0n) is 19.2. The van der Waals surface area contributed by atoms with Crippen molar-refractivity contribution in [3.05, 3.63) is 64.0 Å². The minimum Gasteiger partial charge on any atom is -0.457 e. The van der Waals surface area contributed by atoms with Gasteiger partial charge in [0.05, 0.1) is 18.8 Å². The third kappa shape index (κ3) is 5.19. The maximum atomic E-state index is 14.4. The standard InChI is InChI=1S/C24H30FNO5S/c1-16-12-19(24(3,4)5)13-17(2)20(16)15-31-23(27)18-6-7-21(25)22(14-18)32(28,29)26-8-10-30-11-9-26/h6-7,12-14H,8-11,15H2,1-5H3. The van der Waals surface area contributed by atoms with Crippen molar-refractivity contribution in [1.29, 1.82) is 0 Å². The van der Waals surface area contributed by atoms with Crippen LogP contribution in [0.3, 0.4) is 0 Å². The van der Waals surface area contributed by atoms with Gasteiger partial charge in [-0.15, -0.1) is 0 Å². The van der Waals surface area contributed by atoms with Gasteiger partial charge in [0.2, 0.25) is 10.0 Å². The molecule has 1 aliphatic heterocycles. The van der Waals surface area contributed by atoms with Crippen LogP contribution in [0.15, 0.2) is 35.2 Å². The van der Waals surface area contributed by atoms with Crippen molar-refractivity contribution in [2.24, 2.45) is 0 Å². The van der Waals surface area contributed by atoms with Gasteiger partial charge in [-0.1, -0.05) is 32.9 Å². The summed E-state index contributed by atoms with van der Waals surface area (Å²) in [5.74, 6) is -1.61. The first-order chi connectivity index (χ1) is 14.9. The van der Waals surface area contributed by atoms with Crippen molar-refractivity contribution in [2.75, 3.05) is 26.3 Å². The molecule has 0 saturated carbocycles. The minimum atomic E-state index is -4.08. The molecule has 174 valence electrons. The van der Waals surface area contributed by atoms with Crippen LogP contribution in [-0.2, 0) is 31.5 Å². The number of hydrogen-bond donors (Lipinski definition) is 0. The average Bonchev–Trinajstić information content (AvgIpc) is 2.73. The summed E-state index contributed by atoms with van der Waals surface area (Å²) >= 11 is 0. The smallest absolute Gasteiger partial charge is 0.338 e. The van der Waals surface area contributed by atoms with Crippen molar-refractivity contribution in [2.45, 2.75) is 51.5 Å². The molecular weight excluding hydrogens is 433 g/mol. The van der Waals surface area contributed by atoms with Gasteiger partial charge in [-0.05, 0) is 59.7 Å². The zero-order valence-corrected chi connectivity index (χ0v) is 20.0. The highest BCUT2D eigenvalue weighted by atomic mass is 32.2. The van der Waals surface area contributed by atoms with E-state index in [0.29, 0.717) is 0 Å². The lowest BCUT2D eigenvalue weighted by Crippen LogP contribution is -2.41. The van der Waals surface area contributed by atoms with Gasteiger partial charge in [0.25, 0.3) is 0 Å². The lowest BCUT2D eigenvalue weighted by molar-refractivity contribution is 0.0471. The number of morpholine rings is 1. The molecule has 1 saturated heterocycles. The Labute approximate surface area is 189 Å². The largest absolute Gasteiger partial charge is 0.457 e. The summed E-state index contributed by atoms with van der Waals surface area (Å²) < 4.78 is 51.9. The number of carbonyl (C=O) groups excluding carboxylic acids is 1. The number of sulfonamides is 1. The van der Waals surface area contributed by atoms with Crippen LogP contribution in [0.25, 0.3) is 0 Å². The summed E-state index contributed by atoms with van der Waals surface area (Å²) in [4.78, 5) is 12.1. The Morgan fingerprint density at radius 1 is 1.09 bits per heavy atom. The zero-order chi connectivity index (χ0) is 23.7. The van der Waals surface area contributed by atoms with Crippen molar-refractivity contribution in [3.63, 3.8) is 0 Å². The lowest BCUT2D eigenvalue weighted by Gasteiger charge is -2.26. The molecule has 0 aromatic heterocycles. The number of benzene rings is 2. The van der Waals surface area contributed by atoms with Gasteiger partial charge >= 0.3 is 5.97 Å². The van der Waals surface area contributed by atoms with Crippen molar-refractivity contribution < 1.29 is 27.1 Å². The third-order valence-electron chi connectivity index (χ3n) is 5.66. The summed E-state index contributed by atoms with van der Waals surface area (Å²) in [5, 5.41) is 0. The van der Waals surface area contributed by atoms with Gasteiger partial charge in [-0.3, -0.25) is 0 Å². The molecule has 2 aromatic rings. The van der Waals surface area contributed by atoms with E-state index >= 15 is 0 Å². The Kier molecular flexibility index (Phi) is 7.07. The van der Waals surface area contributed by atoms with E-state index in [2.05, 4.69) is 32.9 Å². The second-order valence-electron chi connectivity index (χ2n) is 9.08. The summed E-state index contributed by atoms with van der Waals surface area (Å²) in [6, 6.07) is 7.43. The lowest BCUT2D eigenvalue weighted by atomic mass is 9.84. The van der Waals surface area contributed by atoms with Crippen molar-refractivity contribution in [1.82, 2.24) is 4.31 Å². The quantitative estimate of drug-likeness (QED) is 0.624. The Hall–Kier alpha value is -2.29. The molecule has 0 radical (unpaired) electrons. The molecule has 0 atom stereocenters. The monoisotopic (exact) mass is 463 g/mol. The molecule has 8 heteroatoms. The fraction of sp³-hybridized carbons (Fsp3) is 0.458. The highest BCUT2D eigenvalue weighted by molar-refractivity contribution is 7.89. The minimum absolute atomic E-state index is 0.00120. The van der Waals surface area contributed by atoms with E-state index in [0.717, 1.165) is 33.1 Å². The fourth-order valence-corrected chi connectivity index (χ4v) is 5.13. The van der Waals surface area contributed by atoms with E-state index in [1.165, 1.54) is 11.6 Å². The Balaban J connectivity index is 1.80. The Morgan fingerprint density at radius 3 is 2.25 bits per heavy atom. The first kappa shape index (κ1) is 24.4. The number of hydrogen-bond acceptors (Lipinski definition) is 5. The van der Waals surface area contributed by atoms with Crippen LogP contribution in [0.2, 0.25) is 0 Å². The molecule has 0 bridgehead atoms. The number of halogens is 1. The highest BCUT2D eigenvalue weighted by Gasteiger charge is 2.30. The van der Waals surface area contributed by atoms with Crippen LogP contribution >= 0.6 is 0 Å². The van der Waals surface area contributed by atoms with Crippen LogP contribution in [0.5, 0.6) is 0 Å². The van der Waals surface area contributed by atoms with E-state index in [4.69, 9.17) is 9.47 Å². The predicted molar refractivity (Wildman–Crippen MR) is 120 cm³/mol.